The Morgan fingerprint density at radius 3 is 2.65 bits per heavy atom. The summed E-state index contributed by atoms with van der Waals surface area (Å²) in [5, 5.41) is 0.552. The molecule has 2 rings (SSSR count). The topological polar surface area (TPSA) is 65.1 Å². The highest BCUT2D eigenvalue weighted by Gasteiger charge is 2.18. The number of para-hydroxylation sites is 1. The monoisotopic (exact) mass is 250 g/mol. The second kappa shape index (κ2) is 4.22. The van der Waals surface area contributed by atoms with Crippen molar-refractivity contribution in [1.29, 1.82) is 0 Å². The van der Waals surface area contributed by atoms with Crippen molar-refractivity contribution in [3.8, 4) is 0 Å². The van der Waals surface area contributed by atoms with Crippen molar-refractivity contribution in [3.05, 3.63) is 45.2 Å². The van der Waals surface area contributed by atoms with Gasteiger partial charge in [0, 0.05) is 11.9 Å². The zero-order valence-corrected chi connectivity index (χ0v) is 9.99. The van der Waals surface area contributed by atoms with Gasteiger partial charge in [-0.1, -0.05) is 23.7 Å². The Morgan fingerprint density at radius 2 is 2.06 bits per heavy atom. The van der Waals surface area contributed by atoms with Crippen molar-refractivity contribution in [2.45, 2.75) is 13.5 Å². The van der Waals surface area contributed by atoms with E-state index in [-0.39, 0.29) is 10.7 Å². The average molecular weight is 251 g/mol. The van der Waals surface area contributed by atoms with Crippen molar-refractivity contribution in [2.75, 3.05) is 0 Å². The summed E-state index contributed by atoms with van der Waals surface area (Å²) in [5.41, 5.74) is 5.34. The van der Waals surface area contributed by atoms with Gasteiger partial charge in [-0.3, -0.25) is 9.59 Å². The lowest BCUT2D eigenvalue weighted by molar-refractivity contribution is 0.0999. The van der Waals surface area contributed by atoms with Crippen LogP contribution in [0.15, 0.2) is 29.1 Å². The zero-order valence-electron chi connectivity index (χ0n) is 9.24. The molecule has 0 aliphatic rings. The van der Waals surface area contributed by atoms with E-state index in [4.69, 9.17) is 17.3 Å². The van der Waals surface area contributed by atoms with Crippen LogP contribution in [-0.4, -0.2) is 10.5 Å². The van der Waals surface area contributed by atoms with Crippen LogP contribution in [0.25, 0.3) is 10.9 Å². The summed E-state index contributed by atoms with van der Waals surface area (Å²) in [5.74, 6) is -0.798. The van der Waals surface area contributed by atoms with Crippen LogP contribution in [0.4, 0.5) is 0 Å². The molecule has 1 heterocycles. The summed E-state index contributed by atoms with van der Waals surface area (Å²) in [6, 6.07) is 7.00. The molecular formula is C12H11ClN2O2. The molecule has 1 aromatic carbocycles. The smallest absolute Gasteiger partial charge is 0.255 e. The lowest BCUT2D eigenvalue weighted by atomic mass is 10.1. The fourth-order valence-electron chi connectivity index (χ4n) is 1.89. The summed E-state index contributed by atoms with van der Waals surface area (Å²) < 4.78 is 1.69. The normalized spacial score (nSPS) is 10.7. The molecule has 0 spiro atoms. The average Bonchev–Trinajstić information content (AvgIpc) is 2.29. The maximum absolute atomic E-state index is 12.1. The third-order valence-electron chi connectivity index (χ3n) is 2.67. The molecule has 0 radical (unpaired) electrons. The van der Waals surface area contributed by atoms with E-state index >= 15 is 0 Å². The number of amides is 1. The number of rotatable bonds is 2. The lowest BCUT2D eigenvalue weighted by Crippen LogP contribution is -2.25. The second-order valence-electron chi connectivity index (χ2n) is 3.62. The predicted molar refractivity (Wildman–Crippen MR) is 67.4 cm³/mol. The van der Waals surface area contributed by atoms with E-state index in [2.05, 4.69) is 0 Å². The summed E-state index contributed by atoms with van der Waals surface area (Å²) in [6.45, 7) is 2.44. The number of primary amides is 1. The molecule has 0 fully saturated rings. The number of aryl methyl sites for hydroxylation is 1. The number of carbonyl (C=O) groups is 1. The van der Waals surface area contributed by atoms with Gasteiger partial charge in [0.15, 0.2) is 0 Å². The van der Waals surface area contributed by atoms with E-state index < -0.39 is 11.3 Å². The number of aromatic nitrogens is 1. The molecule has 0 atom stereocenters. The first-order valence-electron chi connectivity index (χ1n) is 5.18. The fraction of sp³-hybridized carbons (Fsp3) is 0.167. The van der Waals surface area contributed by atoms with Crippen molar-refractivity contribution in [3.63, 3.8) is 0 Å². The van der Waals surface area contributed by atoms with Crippen molar-refractivity contribution < 1.29 is 4.79 Å². The van der Waals surface area contributed by atoms with Crippen LogP contribution >= 0.6 is 11.6 Å². The van der Waals surface area contributed by atoms with E-state index in [9.17, 15) is 9.59 Å². The van der Waals surface area contributed by atoms with Gasteiger partial charge in [-0.25, -0.2) is 0 Å². The predicted octanol–water partition coefficient (Wildman–Crippen LogP) is 1.77. The number of carbonyl (C=O) groups excluding carboxylic acids is 1. The number of benzene rings is 1. The first-order chi connectivity index (χ1) is 8.07. The van der Waals surface area contributed by atoms with Gasteiger partial charge in [-0.05, 0) is 19.1 Å². The van der Waals surface area contributed by atoms with Crippen molar-refractivity contribution in [2.24, 2.45) is 5.73 Å². The fourth-order valence-corrected chi connectivity index (χ4v) is 2.28. The number of hydrogen-bond acceptors (Lipinski definition) is 2. The maximum Gasteiger partial charge on any atom is 0.255 e. The van der Waals surface area contributed by atoms with Gasteiger partial charge in [0.2, 0.25) is 5.43 Å². The van der Waals surface area contributed by atoms with E-state index in [1.54, 1.807) is 22.8 Å². The minimum absolute atomic E-state index is 0.101. The molecule has 2 N–H and O–H groups in total. The Hall–Kier alpha value is -1.81. The number of hydrogen-bond donors (Lipinski definition) is 1. The largest absolute Gasteiger partial charge is 0.365 e. The SMILES string of the molecule is CCn1c(Cl)c(C(N)=O)c(=O)c2ccccc21. The molecular weight excluding hydrogens is 240 g/mol. The molecule has 0 saturated carbocycles. The van der Waals surface area contributed by atoms with E-state index in [1.165, 1.54) is 0 Å². The Balaban J connectivity index is 3.05. The van der Waals surface area contributed by atoms with Crippen LogP contribution in [0.2, 0.25) is 5.15 Å². The highest BCUT2D eigenvalue weighted by atomic mass is 35.5. The Labute approximate surface area is 103 Å². The van der Waals surface area contributed by atoms with Gasteiger partial charge in [-0.2, -0.15) is 0 Å². The molecule has 0 bridgehead atoms. The van der Waals surface area contributed by atoms with Crippen LogP contribution in [0, 0.1) is 0 Å². The van der Waals surface area contributed by atoms with E-state index in [1.807, 2.05) is 13.0 Å². The third kappa shape index (κ3) is 1.70. The number of pyridine rings is 1. The number of fused-ring (bicyclic) bond motifs is 1. The molecule has 1 aromatic heterocycles. The van der Waals surface area contributed by atoms with E-state index in [0.29, 0.717) is 17.4 Å². The highest BCUT2D eigenvalue weighted by Crippen LogP contribution is 2.20. The maximum atomic E-state index is 12.1. The molecule has 0 unspecified atom stereocenters. The summed E-state index contributed by atoms with van der Waals surface area (Å²) in [4.78, 5) is 23.3. The minimum atomic E-state index is -0.798. The van der Waals surface area contributed by atoms with E-state index in [0.717, 1.165) is 0 Å². The molecule has 4 nitrogen and oxygen atoms in total. The summed E-state index contributed by atoms with van der Waals surface area (Å²) >= 11 is 6.05. The van der Waals surface area contributed by atoms with Crippen molar-refractivity contribution in [1.82, 2.24) is 4.57 Å². The molecule has 17 heavy (non-hydrogen) atoms. The Bertz CT molecular complexity index is 661. The molecule has 2 aromatic rings. The third-order valence-corrected chi connectivity index (χ3v) is 3.07. The quantitative estimate of drug-likeness (QED) is 0.826. The second-order valence-corrected chi connectivity index (χ2v) is 3.98. The zero-order chi connectivity index (χ0) is 12.6. The van der Waals surface area contributed by atoms with Crippen LogP contribution in [-0.2, 0) is 6.54 Å². The summed E-state index contributed by atoms with van der Waals surface area (Å²) in [7, 11) is 0. The van der Waals surface area contributed by atoms with Gasteiger partial charge in [0.05, 0.1) is 5.52 Å². The summed E-state index contributed by atoms with van der Waals surface area (Å²) in [6.07, 6.45) is 0. The lowest BCUT2D eigenvalue weighted by Gasteiger charge is -2.13. The van der Waals surface area contributed by atoms with Gasteiger partial charge in [0.25, 0.3) is 5.91 Å². The van der Waals surface area contributed by atoms with Crippen LogP contribution < -0.4 is 11.2 Å². The minimum Gasteiger partial charge on any atom is -0.365 e. The molecule has 0 aliphatic heterocycles. The van der Waals surface area contributed by atoms with Crippen LogP contribution in [0.5, 0.6) is 0 Å². The molecule has 1 amide bonds. The van der Waals surface area contributed by atoms with Gasteiger partial charge in [0.1, 0.15) is 10.7 Å². The molecule has 5 heteroatoms. The van der Waals surface area contributed by atoms with Crippen LogP contribution in [0.3, 0.4) is 0 Å². The standard InChI is InChI=1S/C12H11ClN2O2/c1-2-15-8-6-4-3-5-7(8)10(16)9(11(15)13)12(14)17/h3-6H,2H2,1H3,(H2,14,17). The van der Waals surface area contributed by atoms with Gasteiger partial charge in [-0.15, -0.1) is 0 Å². The number of nitrogens with two attached hydrogens (primary N) is 1. The number of halogens is 1. The van der Waals surface area contributed by atoms with Crippen LogP contribution in [0.1, 0.15) is 17.3 Å². The molecule has 0 aliphatic carbocycles. The van der Waals surface area contributed by atoms with Gasteiger partial charge >= 0.3 is 0 Å². The number of nitrogens with zero attached hydrogens (tertiary/aromatic N) is 1. The Morgan fingerprint density at radius 1 is 1.41 bits per heavy atom. The first kappa shape index (κ1) is 11.7. The first-order valence-corrected chi connectivity index (χ1v) is 5.56. The Kier molecular flexibility index (Phi) is 2.90. The van der Waals surface area contributed by atoms with Gasteiger partial charge < -0.3 is 10.3 Å². The van der Waals surface area contributed by atoms with Crippen molar-refractivity contribution >= 4 is 28.4 Å². The molecule has 88 valence electrons. The molecule has 0 saturated heterocycles. The highest BCUT2D eigenvalue weighted by molar-refractivity contribution is 6.33.